The molecule has 0 fully saturated rings. The normalized spacial score (nSPS) is 13.0. The molecule has 0 radical (unpaired) electrons. The van der Waals surface area contributed by atoms with Gasteiger partial charge in [0.05, 0.1) is 0 Å². The number of fused-ring (bicyclic) bond motifs is 3. The van der Waals surface area contributed by atoms with E-state index in [0.717, 1.165) is 38.2 Å². The first-order valence-electron chi connectivity index (χ1n) is 8.45. The van der Waals surface area contributed by atoms with Crippen LogP contribution in [0.2, 0.25) is 0 Å². The van der Waals surface area contributed by atoms with Crippen molar-refractivity contribution in [3.63, 3.8) is 0 Å². The third-order valence-electron chi connectivity index (χ3n) is 4.88. The highest BCUT2D eigenvalue weighted by Crippen LogP contribution is 2.29. The van der Waals surface area contributed by atoms with Crippen LogP contribution in [0.25, 0.3) is 10.9 Å². The first kappa shape index (κ1) is 19.8. The summed E-state index contributed by atoms with van der Waals surface area (Å²) in [5.74, 6) is 0. The topological polar surface area (TPSA) is 29.9 Å². The molecule has 1 N–H and O–H groups in total. The number of hydrogen-bond acceptors (Lipinski definition) is 2. The number of benzene rings is 1. The largest absolute Gasteiger partial charge is 0.344 e. The van der Waals surface area contributed by atoms with Gasteiger partial charge in [-0.1, -0.05) is 17.7 Å². The van der Waals surface area contributed by atoms with E-state index in [9.17, 15) is 0 Å². The van der Waals surface area contributed by atoms with E-state index < -0.39 is 0 Å². The van der Waals surface area contributed by atoms with Gasteiger partial charge in [-0.2, -0.15) is 0 Å². The van der Waals surface area contributed by atoms with Crippen molar-refractivity contribution in [1.29, 1.82) is 0 Å². The zero-order chi connectivity index (χ0) is 15.8. The van der Waals surface area contributed by atoms with Crippen molar-refractivity contribution >= 4 is 35.7 Å². The minimum atomic E-state index is 0. The maximum atomic E-state index is 4.42. The second-order valence-corrected chi connectivity index (χ2v) is 6.58. The van der Waals surface area contributed by atoms with Crippen molar-refractivity contribution in [1.82, 2.24) is 14.9 Å². The Labute approximate surface area is 161 Å². The van der Waals surface area contributed by atoms with E-state index in [1.54, 1.807) is 0 Å². The van der Waals surface area contributed by atoms with Crippen LogP contribution in [0.15, 0.2) is 36.5 Å². The molecule has 5 heteroatoms. The highest BCUT2D eigenvalue weighted by atomic mass is 35.5. The van der Waals surface area contributed by atoms with Crippen molar-refractivity contribution in [3.05, 3.63) is 64.6 Å². The van der Waals surface area contributed by atoms with Crippen LogP contribution in [0.4, 0.5) is 0 Å². The number of pyridine rings is 1. The van der Waals surface area contributed by atoms with Crippen LogP contribution in [-0.4, -0.2) is 16.1 Å². The summed E-state index contributed by atoms with van der Waals surface area (Å²) in [6, 6.07) is 11.2. The van der Waals surface area contributed by atoms with E-state index in [1.165, 1.54) is 33.3 Å². The Bertz CT molecular complexity index is 853. The maximum absolute atomic E-state index is 4.42. The molecular weight excluding hydrogens is 353 g/mol. The Hall–Kier alpha value is -1.55. The van der Waals surface area contributed by atoms with Crippen LogP contribution < -0.4 is 5.32 Å². The van der Waals surface area contributed by atoms with Crippen LogP contribution in [-0.2, 0) is 25.9 Å². The molecule has 3 aromatic rings. The summed E-state index contributed by atoms with van der Waals surface area (Å²) in [7, 11) is 0. The molecule has 1 aliphatic rings. The van der Waals surface area contributed by atoms with Gasteiger partial charge >= 0.3 is 0 Å². The van der Waals surface area contributed by atoms with Crippen LogP contribution in [0.1, 0.15) is 28.1 Å². The summed E-state index contributed by atoms with van der Waals surface area (Å²) in [6.45, 7) is 7.31. The lowest BCUT2D eigenvalue weighted by Crippen LogP contribution is -2.24. The molecule has 3 nitrogen and oxygen atoms in total. The van der Waals surface area contributed by atoms with E-state index in [1.807, 2.05) is 13.1 Å². The summed E-state index contributed by atoms with van der Waals surface area (Å²) in [4.78, 5) is 4.42. The fraction of sp³-hybridized carbons (Fsp3) is 0.350. The van der Waals surface area contributed by atoms with Gasteiger partial charge in [0.15, 0.2) is 0 Å². The molecule has 1 aliphatic heterocycles. The molecule has 0 atom stereocenters. The fourth-order valence-electron chi connectivity index (χ4n) is 3.64. The lowest BCUT2D eigenvalue weighted by molar-refractivity contribution is 0.594. The molecule has 0 bridgehead atoms. The SMILES string of the molecule is Cc1ccc2c(c1)c1c(n2CCc2ccc(C)nc2)CCNC1.Cl.Cl. The van der Waals surface area contributed by atoms with Gasteiger partial charge in [0.25, 0.3) is 0 Å². The molecule has 2 aromatic heterocycles. The number of hydrogen-bond donors (Lipinski definition) is 1. The highest BCUT2D eigenvalue weighted by molar-refractivity contribution is 5.86. The second kappa shape index (κ2) is 8.22. The van der Waals surface area contributed by atoms with Crippen LogP contribution >= 0.6 is 24.8 Å². The van der Waals surface area contributed by atoms with Gasteiger partial charge in [-0.3, -0.25) is 4.98 Å². The molecule has 4 rings (SSSR count). The van der Waals surface area contributed by atoms with Crippen molar-refractivity contribution < 1.29 is 0 Å². The highest BCUT2D eigenvalue weighted by Gasteiger charge is 2.19. The van der Waals surface area contributed by atoms with Crippen molar-refractivity contribution in [2.24, 2.45) is 0 Å². The summed E-state index contributed by atoms with van der Waals surface area (Å²) in [5, 5.41) is 4.95. The Morgan fingerprint density at radius 1 is 1.12 bits per heavy atom. The molecule has 0 amide bonds. The van der Waals surface area contributed by atoms with E-state index >= 15 is 0 Å². The van der Waals surface area contributed by atoms with E-state index in [2.05, 4.69) is 52.1 Å². The Morgan fingerprint density at radius 3 is 2.72 bits per heavy atom. The van der Waals surface area contributed by atoms with Gasteiger partial charge in [0.2, 0.25) is 0 Å². The predicted octanol–water partition coefficient (Wildman–Crippen LogP) is 4.39. The Balaban J connectivity index is 0.00000113. The molecule has 1 aromatic carbocycles. The van der Waals surface area contributed by atoms with Crippen LogP contribution in [0, 0.1) is 13.8 Å². The van der Waals surface area contributed by atoms with Crippen LogP contribution in [0.3, 0.4) is 0 Å². The van der Waals surface area contributed by atoms with Gasteiger partial charge in [-0.25, -0.2) is 0 Å². The molecule has 0 saturated carbocycles. The quantitative estimate of drug-likeness (QED) is 0.733. The smallest absolute Gasteiger partial charge is 0.0486 e. The monoisotopic (exact) mass is 377 g/mol. The molecule has 0 saturated heterocycles. The summed E-state index contributed by atoms with van der Waals surface area (Å²) < 4.78 is 2.53. The fourth-order valence-corrected chi connectivity index (χ4v) is 3.64. The van der Waals surface area contributed by atoms with Gasteiger partial charge in [0.1, 0.15) is 0 Å². The van der Waals surface area contributed by atoms with Crippen molar-refractivity contribution in [2.45, 2.75) is 39.8 Å². The van der Waals surface area contributed by atoms with Gasteiger partial charge < -0.3 is 9.88 Å². The molecule has 25 heavy (non-hydrogen) atoms. The predicted molar refractivity (Wildman–Crippen MR) is 109 cm³/mol. The van der Waals surface area contributed by atoms with E-state index in [0.29, 0.717) is 0 Å². The van der Waals surface area contributed by atoms with Gasteiger partial charge in [0, 0.05) is 54.5 Å². The van der Waals surface area contributed by atoms with Gasteiger partial charge in [-0.15, -0.1) is 24.8 Å². The Kier molecular flexibility index (Phi) is 6.50. The molecule has 0 aliphatic carbocycles. The minimum Gasteiger partial charge on any atom is -0.344 e. The third-order valence-corrected chi connectivity index (χ3v) is 4.88. The minimum absolute atomic E-state index is 0. The molecular formula is C20H25Cl2N3. The van der Waals surface area contributed by atoms with Crippen molar-refractivity contribution in [3.8, 4) is 0 Å². The van der Waals surface area contributed by atoms with E-state index in [-0.39, 0.29) is 24.8 Å². The first-order valence-corrected chi connectivity index (χ1v) is 8.45. The lowest BCUT2D eigenvalue weighted by Gasteiger charge is -2.17. The number of aromatic nitrogens is 2. The van der Waals surface area contributed by atoms with Crippen molar-refractivity contribution in [2.75, 3.05) is 6.54 Å². The summed E-state index contributed by atoms with van der Waals surface area (Å²) in [5.41, 5.74) is 8.13. The molecule has 0 spiro atoms. The van der Waals surface area contributed by atoms with Crippen LogP contribution in [0.5, 0.6) is 0 Å². The molecule has 3 heterocycles. The molecule has 0 unspecified atom stereocenters. The molecule has 134 valence electrons. The maximum Gasteiger partial charge on any atom is 0.0486 e. The number of aryl methyl sites for hydroxylation is 4. The third kappa shape index (κ3) is 3.84. The summed E-state index contributed by atoms with van der Waals surface area (Å²) in [6.07, 6.45) is 4.17. The zero-order valence-electron chi connectivity index (χ0n) is 14.7. The number of rotatable bonds is 3. The summed E-state index contributed by atoms with van der Waals surface area (Å²) >= 11 is 0. The first-order chi connectivity index (χ1) is 11.2. The number of halogens is 2. The lowest BCUT2D eigenvalue weighted by atomic mass is 10.0. The number of nitrogens with one attached hydrogen (secondary N) is 1. The number of nitrogens with zero attached hydrogens (tertiary/aromatic N) is 2. The second-order valence-electron chi connectivity index (χ2n) is 6.58. The Morgan fingerprint density at radius 2 is 1.96 bits per heavy atom. The average molecular weight is 378 g/mol. The average Bonchev–Trinajstić information content (AvgIpc) is 2.88. The van der Waals surface area contributed by atoms with Gasteiger partial charge in [-0.05, 0) is 49.6 Å². The standard InChI is InChI=1S/C20H23N3.2ClH/c1-14-3-6-19-17(11-14)18-13-21-9-7-20(18)23(19)10-8-16-5-4-15(2)22-12-16;;/h3-6,11-12,21H,7-10,13H2,1-2H3;2*1H. The zero-order valence-corrected chi connectivity index (χ0v) is 16.3. The van der Waals surface area contributed by atoms with E-state index in [4.69, 9.17) is 0 Å².